The maximum absolute atomic E-state index is 12.3. The Bertz CT molecular complexity index is 999. The van der Waals surface area contributed by atoms with Crippen molar-refractivity contribution in [2.45, 2.75) is 51.7 Å². The van der Waals surface area contributed by atoms with Gasteiger partial charge >= 0.3 is 6.09 Å². The van der Waals surface area contributed by atoms with Gasteiger partial charge in [0.15, 0.2) is 0 Å². The van der Waals surface area contributed by atoms with Crippen LogP contribution in [0.5, 0.6) is 5.75 Å². The summed E-state index contributed by atoms with van der Waals surface area (Å²) in [4.78, 5) is 31.9. The minimum absolute atomic E-state index is 0.0900. The second-order valence-electron chi connectivity index (χ2n) is 9.16. The molecule has 1 fully saturated rings. The lowest BCUT2D eigenvalue weighted by molar-refractivity contribution is -0.118. The average Bonchev–Trinajstić information content (AvgIpc) is 3.18. The highest BCUT2D eigenvalue weighted by Gasteiger charge is 2.31. The SMILES string of the molecule is CN1C(=O)CCc2cc(-c3cncc(O[C@@H]4CCN(C(=O)OC(C)(C)C)C4)c3)ccc21. The number of likely N-dealkylation sites (tertiary alicyclic amines) is 1. The first kappa shape index (κ1) is 21.2. The van der Waals surface area contributed by atoms with Crippen LogP contribution in [0.4, 0.5) is 10.5 Å². The van der Waals surface area contributed by atoms with Gasteiger partial charge in [0.25, 0.3) is 0 Å². The van der Waals surface area contributed by atoms with Crippen LogP contribution in [0.2, 0.25) is 0 Å². The van der Waals surface area contributed by atoms with Crippen molar-refractivity contribution in [2.75, 3.05) is 25.0 Å². The predicted molar refractivity (Wildman–Crippen MR) is 118 cm³/mol. The smallest absolute Gasteiger partial charge is 0.410 e. The van der Waals surface area contributed by atoms with E-state index in [4.69, 9.17) is 9.47 Å². The fourth-order valence-corrected chi connectivity index (χ4v) is 3.99. The molecule has 1 aromatic carbocycles. The molecule has 0 saturated carbocycles. The van der Waals surface area contributed by atoms with E-state index in [0.29, 0.717) is 25.3 Å². The lowest BCUT2D eigenvalue weighted by Gasteiger charge is -2.26. The number of anilines is 1. The topological polar surface area (TPSA) is 72.0 Å². The predicted octanol–water partition coefficient (Wildman–Crippen LogP) is 4.05. The number of fused-ring (bicyclic) bond motifs is 1. The molecule has 2 aliphatic rings. The normalized spacial score (nSPS) is 18.7. The van der Waals surface area contributed by atoms with Gasteiger partial charge in [-0.3, -0.25) is 9.78 Å². The summed E-state index contributed by atoms with van der Waals surface area (Å²) >= 11 is 0. The molecule has 2 aromatic rings. The molecule has 0 aliphatic carbocycles. The highest BCUT2D eigenvalue weighted by atomic mass is 16.6. The third-order valence-corrected chi connectivity index (χ3v) is 5.57. The molecule has 2 amide bonds. The summed E-state index contributed by atoms with van der Waals surface area (Å²) in [7, 11) is 1.82. The number of carbonyl (C=O) groups excluding carboxylic acids is 2. The first-order valence-electron chi connectivity index (χ1n) is 10.7. The van der Waals surface area contributed by atoms with Gasteiger partial charge in [-0.05, 0) is 56.5 Å². The number of pyridine rings is 1. The van der Waals surface area contributed by atoms with E-state index in [2.05, 4.69) is 11.1 Å². The van der Waals surface area contributed by atoms with Crippen LogP contribution in [0.3, 0.4) is 0 Å². The number of nitrogens with zero attached hydrogens (tertiary/aromatic N) is 3. The van der Waals surface area contributed by atoms with Crippen LogP contribution in [-0.4, -0.2) is 53.7 Å². The van der Waals surface area contributed by atoms with Gasteiger partial charge in [-0.1, -0.05) is 6.07 Å². The molecule has 4 rings (SSSR count). The number of benzene rings is 1. The molecule has 31 heavy (non-hydrogen) atoms. The van der Waals surface area contributed by atoms with Crippen LogP contribution in [0.1, 0.15) is 39.2 Å². The van der Waals surface area contributed by atoms with Crippen LogP contribution in [0.25, 0.3) is 11.1 Å². The molecule has 3 heterocycles. The zero-order valence-electron chi connectivity index (χ0n) is 18.6. The van der Waals surface area contributed by atoms with Gasteiger partial charge in [0.2, 0.25) is 5.91 Å². The van der Waals surface area contributed by atoms with E-state index >= 15 is 0 Å². The highest BCUT2D eigenvalue weighted by Crippen LogP contribution is 2.32. The lowest BCUT2D eigenvalue weighted by atomic mass is 9.97. The molecule has 2 aliphatic heterocycles. The van der Waals surface area contributed by atoms with Crippen molar-refractivity contribution >= 4 is 17.7 Å². The highest BCUT2D eigenvalue weighted by molar-refractivity contribution is 5.96. The van der Waals surface area contributed by atoms with Crippen molar-refractivity contribution in [2.24, 2.45) is 0 Å². The van der Waals surface area contributed by atoms with Crippen molar-refractivity contribution < 1.29 is 19.1 Å². The molecule has 0 radical (unpaired) electrons. The first-order chi connectivity index (χ1) is 14.7. The molecular formula is C24H29N3O4. The minimum Gasteiger partial charge on any atom is -0.487 e. The Labute approximate surface area is 183 Å². The molecule has 0 unspecified atom stereocenters. The summed E-state index contributed by atoms with van der Waals surface area (Å²) in [5.74, 6) is 0.827. The monoisotopic (exact) mass is 423 g/mol. The van der Waals surface area contributed by atoms with E-state index in [0.717, 1.165) is 35.2 Å². The fourth-order valence-electron chi connectivity index (χ4n) is 3.99. The van der Waals surface area contributed by atoms with Crippen LogP contribution in [0.15, 0.2) is 36.7 Å². The Morgan fingerprint density at radius 2 is 1.94 bits per heavy atom. The van der Waals surface area contributed by atoms with Gasteiger partial charge in [-0.15, -0.1) is 0 Å². The van der Waals surface area contributed by atoms with Crippen LogP contribution >= 0.6 is 0 Å². The van der Waals surface area contributed by atoms with E-state index in [-0.39, 0.29) is 18.1 Å². The largest absolute Gasteiger partial charge is 0.487 e. The zero-order valence-corrected chi connectivity index (χ0v) is 18.6. The zero-order chi connectivity index (χ0) is 22.2. The summed E-state index contributed by atoms with van der Waals surface area (Å²) in [5, 5.41) is 0. The van der Waals surface area contributed by atoms with Crippen molar-refractivity contribution in [1.29, 1.82) is 0 Å². The quantitative estimate of drug-likeness (QED) is 0.745. The molecule has 7 heteroatoms. The number of aromatic nitrogens is 1. The van der Waals surface area contributed by atoms with Gasteiger partial charge in [-0.25, -0.2) is 4.79 Å². The number of hydrogen-bond acceptors (Lipinski definition) is 5. The molecule has 0 spiro atoms. The van der Waals surface area contributed by atoms with Gasteiger partial charge in [0, 0.05) is 43.9 Å². The first-order valence-corrected chi connectivity index (χ1v) is 10.7. The number of ether oxygens (including phenoxy) is 2. The summed E-state index contributed by atoms with van der Waals surface area (Å²) < 4.78 is 11.6. The van der Waals surface area contributed by atoms with E-state index in [1.54, 1.807) is 16.0 Å². The maximum atomic E-state index is 12.3. The van der Waals surface area contributed by atoms with Crippen LogP contribution in [-0.2, 0) is 16.0 Å². The minimum atomic E-state index is -0.509. The van der Waals surface area contributed by atoms with E-state index in [9.17, 15) is 9.59 Å². The number of rotatable bonds is 3. The fraction of sp³-hybridized carbons (Fsp3) is 0.458. The second kappa shape index (κ2) is 8.21. The van der Waals surface area contributed by atoms with Gasteiger partial charge in [0.1, 0.15) is 17.5 Å². The molecule has 0 N–H and O–H groups in total. The van der Waals surface area contributed by atoms with Crippen molar-refractivity contribution in [3.63, 3.8) is 0 Å². The van der Waals surface area contributed by atoms with Gasteiger partial charge in [0.05, 0.1) is 12.7 Å². The summed E-state index contributed by atoms with van der Waals surface area (Å²) in [6, 6.07) is 8.10. The molecule has 164 valence electrons. The molecule has 1 aromatic heterocycles. The third kappa shape index (κ3) is 4.81. The second-order valence-corrected chi connectivity index (χ2v) is 9.16. The Hall–Kier alpha value is -3.09. The summed E-state index contributed by atoms with van der Waals surface area (Å²) in [5.41, 5.74) is 3.62. The van der Waals surface area contributed by atoms with Crippen molar-refractivity contribution in [3.05, 3.63) is 42.2 Å². The summed E-state index contributed by atoms with van der Waals surface area (Å²) in [6.07, 6.45) is 5.15. The third-order valence-electron chi connectivity index (χ3n) is 5.57. The molecule has 1 saturated heterocycles. The average molecular weight is 424 g/mol. The Balaban J connectivity index is 1.44. The van der Waals surface area contributed by atoms with Crippen molar-refractivity contribution in [3.8, 4) is 16.9 Å². The summed E-state index contributed by atoms with van der Waals surface area (Å²) in [6.45, 7) is 6.70. The Kier molecular flexibility index (Phi) is 5.60. The number of aryl methyl sites for hydroxylation is 1. The number of amides is 2. The molecule has 0 bridgehead atoms. The van der Waals surface area contributed by atoms with Crippen molar-refractivity contribution in [1.82, 2.24) is 9.88 Å². The molecule has 7 nitrogen and oxygen atoms in total. The molecule has 1 atom stereocenters. The number of hydrogen-bond donors (Lipinski definition) is 0. The van der Waals surface area contributed by atoms with E-state index in [1.165, 1.54) is 0 Å². The molecular weight excluding hydrogens is 394 g/mol. The lowest BCUT2D eigenvalue weighted by Crippen LogP contribution is -2.36. The van der Waals surface area contributed by atoms with Crippen LogP contribution in [0, 0.1) is 0 Å². The maximum Gasteiger partial charge on any atom is 0.410 e. The van der Waals surface area contributed by atoms with Gasteiger partial charge in [-0.2, -0.15) is 0 Å². The van der Waals surface area contributed by atoms with Gasteiger partial charge < -0.3 is 19.3 Å². The van der Waals surface area contributed by atoms with E-state index in [1.807, 2.05) is 52.2 Å². The Morgan fingerprint density at radius 3 is 2.71 bits per heavy atom. The van der Waals surface area contributed by atoms with Crippen LogP contribution < -0.4 is 9.64 Å². The van der Waals surface area contributed by atoms with E-state index < -0.39 is 5.60 Å². The Morgan fingerprint density at radius 1 is 1.13 bits per heavy atom. The standard InChI is InChI=1S/C24H29N3O4/c1-24(2,3)31-23(29)27-10-9-19(15-27)30-20-12-18(13-25-14-20)16-5-7-21-17(11-16)6-8-22(28)26(21)4/h5,7,11-14,19H,6,8-10,15H2,1-4H3/t19-/m1/s1. The number of carbonyl (C=O) groups is 2.